The molecule has 1 aliphatic rings. The Morgan fingerprint density at radius 1 is 1.32 bits per heavy atom. The van der Waals surface area contributed by atoms with Gasteiger partial charge in [0.15, 0.2) is 0 Å². The summed E-state index contributed by atoms with van der Waals surface area (Å²) >= 11 is 0. The predicted molar refractivity (Wildman–Crippen MR) is 73.5 cm³/mol. The molecule has 1 fully saturated rings. The van der Waals surface area contributed by atoms with Crippen molar-refractivity contribution >= 4 is 15.7 Å². The van der Waals surface area contributed by atoms with Crippen molar-refractivity contribution in [1.82, 2.24) is 5.32 Å². The van der Waals surface area contributed by atoms with Crippen molar-refractivity contribution in [2.45, 2.75) is 25.4 Å². The molecular formula is C13H18N2O3S. The second-order valence-electron chi connectivity index (χ2n) is 4.87. The van der Waals surface area contributed by atoms with Gasteiger partial charge in [0.1, 0.15) is 9.84 Å². The molecule has 1 saturated heterocycles. The van der Waals surface area contributed by atoms with Crippen LogP contribution in [0, 0.1) is 0 Å². The molecule has 1 aromatic carbocycles. The van der Waals surface area contributed by atoms with Crippen LogP contribution in [0.4, 0.5) is 0 Å². The van der Waals surface area contributed by atoms with Crippen LogP contribution in [0.15, 0.2) is 24.3 Å². The topological polar surface area (TPSA) is 89.3 Å². The number of nitrogens with one attached hydrogen (secondary N) is 1. The minimum absolute atomic E-state index is 0.223. The molecule has 1 heterocycles. The Balaban J connectivity index is 1.89. The van der Waals surface area contributed by atoms with Crippen LogP contribution in [0.25, 0.3) is 0 Å². The monoisotopic (exact) mass is 282 g/mol. The lowest BCUT2D eigenvalue weighted by Crippen LogP contribution is -2.37. The standard InChI is InChI=1S/C13H18N2O3S/c14-13(16)11-3-1-2-10(8-11)9-15-12-4-6-19(17,18)7-5-12/h1-3,8,12,15H,4-7,9H2,(H2,14,16). The van der Waals surface area contributed by atoms with Crippen LogP contribution in [-0.2, 0) is 16.4 Å². The molecule has 19 heavy (non-hydrogen) atoms. The van der Waals surface area contributed by atoms with Gasteiger partial charge in [-0.3, -0.25) is 4.79 Å². The van der Waals surface area contributed by atoms with E-state index in [4.69, 9.17) is 5.73 Å². The third-order valence-corrected chi connectivity index (χ3v) is 5.08. The van der Waals surface area contributed by atoms with Crippen LogP contribution in [-0.4, -0.2) is 31.9 Å². The quantitative estimate of drug-likeness (QED) is 0.839. The van der Waals surface area contributed by atoms with Gasteiger partial charge < -0.3 is 11.1 Å². The summed E-state index contributed by atoms with van der Waals surface area (Å²) in [5.74, 6) is 0.0726. The lowest BCUT2D eigenvalue weighted by atomic mass is 10.1. The minimum Gasteiger partial charge on any atom is -0.366 e. The maximum atomic E-state index is 11.3. The van der Waals surface area contributed by atoms with E-state index >= 15 is 0 Å². The summed E-state index contributed by atoms with van der Waals surface area (Å²) in [7, 11) is -2.82. The Bertz CT molecular complexity index is 555. The van der Waals surface area contributed by atoms with E-state index in [0.717, 1.165) is 5.56 Å². The van der Waals surface area contributed by atoms with E-state index in [1.54, 1.807) is 18.2 Å². The average Bonchev–Trinajstić information content (AvgIpc) is 2.38. The van der Waals surface area contributed by atoms with Gasteiger partial charge in [0.05, 0.1) is 11.5 Å². The lowest BCUT2D eigenvalue weighted by Gasteiger charge is -2.23. The zero-order valence-corrected chi connectivity index (χ0v) is 11.4. The van der Waals surface area contributed by atoms with Crippen molar-refractivity contribution < 1.29 is 13.2 Å². The average molecular weight is 282 g/mol. The molecule has 2 rings (SSSR count). The molecule has 0 unspecified atom stereocenters. The number of hydrogen-bond acceptors (Lipinski definition) is 4. The molecule has 0 spiro atoms. The van der Waals surface area contributed by atoms with Gasteiger partial charge >= 0.3 is 0 Å². The first kappa shape index (κ1) is 14.0. The van der Waals surface area contributed by atoms with E-state index in [0.29, 0.717) is 24.9 Å². The van der Waals surface area contributed by atoms with E-state index in [1.807, 2.05) is 6.07 Å². The normalized spacial score (nSPS) is 19.2. The summed E-state index contributed by atoms with van der Waals surface area (Å²) in [6.07, 6.45) is 1.30. The van der Waals surface area contributed by atoms with Crippen molar-refractivity contribution in [1.29, 1.82) is 0 Å². The number of carbonyl (C=O) groups excluding carboxylic acids is 1. The van der Waals surface area contributed by atoms with Crippen LogP contribution < -0.4 is 11.1 Å². The van der Waals surface area contributed by atoms with Crippen LogP contribution in [0.2, 0.25) is 0 Å². The highest BCUT2D eigenvalue weighted by Gasteiger charge is 2.22. The fourth-order valence-electron chi connectivity index (χ4n) is 2.19. The van der Waals surface area contributed by atoms with Gasteiger partial charge in [0.2, 0.25) is 5.91 Å². The fraction of sp³-hybridized carbons (Fsp3) is 0.462. The zero-order valence-electron chi connectivity index (χ0n) is 10.6. The van der Waals surface area contributed by atoms with Crippen molar-refractivity contribution in [3.05, 3.63) is 35.4 Å². The molecule has 0 bridgehead atoms. The maximum absolute atomic E-state index is 11.3. The lowest BCUT2D eigenvalue weighted by molar-refractivity contribution is 0.1000. The van der Waals surface area contributed by atoms with Gasteiger partial charge in [0.25, 0.3) is 0 Å². The van der Waals surface area contributed by atoms with Crippen LogP contribution in [0.1, 0.15) is 28.8 Å². The first-order valence-corrected chi connectivity index (χ1v) is 8.11. The van der Waals surface area contributed by atoms with E-state index in [9.17, 15) is 13.2 Å². The van der Waals surface area contributed by atoms with E-state index in [2.05, 4.69) is 5.32 Å². The molecule has 0 atom stereocenters. The van der Waals surface area contributed by atoms with Gasteiger partial charge in [-0.2, -0.15) is 0 Å². The Morgan fingerprint density at radius 2 is 2.00 bits per heavy atom. The van der Waals surface area contributed by atoms with Gasteiger partial charge in [-0.1, -0.05) is 12.1 Å². The third-order valence-electron chi connectivity index (χ3n) is 3.36. The van der Waals surface area contributed by atoms with Gasteiger partial charge in [-0.15, -0.1) is 0 Å². The smallest absolute Gasteiger partial charge is 0.248 e. The highest BCUT2D eigenvalue weighted by Crippen LogP contribution is 2.13. The Kier molecular flexibility index (Phi) is 4.21. The number of primary amides is 1. The largest absolute Gasteiger partial charge is 0.366 e. The van der Waals surface area contributed by atoms with E-state index in [-0.39, 0.29) is 17.5 Å². The summed E-state index contributed by atoms with van der Waals surface area (Å²) in [5.41, 5.74) is 6.69. The molecule has 3 N–H and O–H groups in total. The second-order valence-corrected chi connectivity index (χ2v) is 7.18. The number of sulfone groups is 1. The molecule has 0 saturated carbocycles. The Morgan fingerprint density at radius 3 is 2.63 bits per heavy atom. The molecule has 1 aliphatic heterocycles. The molecule has 0 radical (unpaired) electrons. The van der Waals surface area contributed by atoms with Gasteiger partial charge in [-0.25, -0.2) is 8.42 Å². The molecule has 5 nitrogen and oxygen atoms in total. The van der Waals surface area contributed by atoms with Gasteiger partial charge in [-0.05, 0) is 30.5 Å². The molecule has 1 amide bonds. The number of nitrogens with two attached hydrogens (primary N) is 1. The summed E-state index contributed by atoms with van der Waals surface area (Å²) in [6, 6.07) is 7.37. The number of carbonyl (C=O) groups is 1. The SMILES string of the molecule is NC(=O)c1cccc(CNC2CCS(=O)(=O)CC2)c1. The van der Waals surface area contributed by atoms with E-state index in [1.165, 1.54) is 0 Å². The molecule has 1 aromatic rings. The highest BCUT2D eigenvalue weighted by molar-refractivity contribution is 7.91. The van der Waals surface area contributed by atoms with Gasteiger partial charge in [0, 0.05) is 18.2 Å². The third kappa shape index (κ3) is 4.04. The summed E-state index contributed by atoms with van der Waals surface area (Å²) in [6.45, 7) is 0.617. The number of rotatable bonds is 4. The van der Waals surface area contributed by atoms with Crippen molar-refractivity contribution in [2.24, 2.45) is 5.73 Å². The number of benzene rings is 1. The summed E-state index contributed by atoms with van der Waals surface area (Å²) in [5, 5.41) is 3.33. The molecule has 6 heteroatoms. The molecular weight excluding hydrogens is 264 g/mol. The highest BCUT2D eigenvalue weighted by atomic mass is 32.2. The van der Waals surface area contributed by atoms with Crippen LogP contribution >= 0.6 is 0 Å². The number of amides is 1. The zero-order chi connectivity index (χ0) is 13.9. The van der Waals surface area contributed by atoms with Crippen LogP contribution in [0.5, 0.6) is 0 Å². The van der Waals surface area contributed by atoms with E-state index < -0.39 is 15.7 Å². The Hall–Kier alpha value is -1.40. The maximum Gasteiger partial charge on any atom is 0.248 e. The first-order valence-electron chi connectivity index (χ1n) is 6.29. The summed E-state index contributed by atoms with van der Waals surface area (Å²) in [4.78, 5) is 11.1. The minimum atomic E-state index is -2.82. The van der Waals surface area contributed by atoms with Crippen molar-refractivity contribution in [2.75, 3.05) is 11.5 Å². The molecule has 104 valence electrons. The van der Waals surface area contributed by atoms with Crippen molar-refractivity contribution in [3.63, 3.8) is 0 Å². The number of hydrogen-bond donors (Lipinski definition) is 2. The Labute approximate surface area is 113 Å². The second kappa shape index (κ2) is 5.71. The predicted octanol–water partition coefficient (Wildman–Crippen LogP) is 0.452. The first-order chi connectivity index (χ1) is 8.96. The summed E-state index contributed by atoms with van der Waals surface area (Å²) < 4.78 is 22.6. The van der Waals surface area contributed by atoms with Crippen LogP contribution in [0.3, 0.4) is 0 Å². The fourth-order valence-corrected chi connectivity index (χ4v) is 3.68. The molecule has 0 aliphatic carbocycles. The molecule has 0 aromatic heterocycles. The van der Waals surface area contributed by atoms with Crippen molar-refractivity contribution in [3.8, 4) is 0 Å².